The van der Waals surface area contributed by atoms with Crippen LogP contribution in [0.3, 0.4) is 0 Å². The third-order valence-electron chi connectivity index (χ3n) is 3.05. The maximum absolute atomic E-state index is 9.22. The van der Waals surface area contributed by atoms with Crippen molar-refractivity contribution in [2.45, 2.75) is 64.6 Å². The molecular formula is C11H23NO. The van der Waals surface area contributed by atoms with Gasteiger partial charge in [0.05, 0.1) is 6.10 Å². The maximum atomic E-state index is 9.22. The van der Waals surface area contributed by atoms with Gasteiger partial charge in [-0.25, -0.2) is 0 Å². The quantitative estimate of drug-likeness (QED) is 0.701. The molecule has 0 heterocycles. The summed E-state index contributed by atoms with van der Waals surface area (Å²) in [6.07, 6.45) is 4.72. The van der Waals surface area contributed by atoms with Crippen molar-refractivity contribution in [3.63, 3.8) is 0 Å². The van der Waals surface area contributed by atoms with Crippen molar-refractivity contribution in [1.29, 1.82) is 0 Å². The molecule has 2 N–H and O–H groups in total. The molecule has 0 saturated heterocycles. The van der Waals surface area contributed by atoms with Gasteiger partial charge in [-0.3, -0.25) is 0 Å². The van der Waals surface area contributed by atoms with Gasteiger partial charge in [0.1, 0.15) is 0 Å². The molecule has 2 heteroatoms. The van der Waals surface area contributed by atoms with E-state index in [1.54, 1.807) is 0 Å². The molecule has 1 aliphatic carbocycles. The summed E-state index contributed by atoms with van der Waals surface area (Å²) < 4.78 is 0. The van der Waals surface area contributed by atoms with E-state index in [0.717, 1.165) is 12.3 Å². The average Bonchev–Trinajstić information content (AvgIpc) is 2.34. The summed E-state index contributed by atoms with van der Waals surface area (Å²) in [7, 11) is 0. The molecule has 4 atom stereocenters. The summed E-state index contributed by atoms with van der Waals surface area (Å²) >= 11 is 0. The SMILES string of the molecule is CC(O)CC(C)NC1CCCC1C. The van der Waals surface area contributed by atoms with Crippen molar-refractivity contribution in [1.82, 2.24) is 5.32 Å². The van der Waals surface area contributed by atoms with E-state index in [1.165, 1.54) is 19.3 Å². The van der Waals surface area contributed by atoms with Crippen molar-refractivity contribution >= 4 is 0 Å². The molecular weight excluding hydrogens is 162 g/mol. The Bertz CT molecular complexity index is 147. The average molecular weight is 185 g/mol. The van der Waals surface area contributed by atoms with Gasteiger partial charge in [0.15, 0.2) is 0 Å². The molecule has 4 unspecified atom stereocenters. The van der Waals surface area contributed by atoms with Crippen LogP contribution in [0.15, 0.2) is 0 Å². The summed E-state index contributed by atoms with van der Waals surface area (Å²) in [6, 6.07) is 1.14. The van der Waals surface area contributed by atoms with E-state index in [-0.39, 0.29) is 6.10 Å². The molecule has 1 saturated carbocycles. The zero-order chi connectivity index (χ0) is 9.84. The van der Waals surface area contributed by atoms with E-state index < -0.39 is 0 Å². The van der Waals surface area contributed by atoms with Gasteiger partial charge >= 0.3 is 0 Å². The van der Waals surface area contributed by atoms with Gasteiger partial charge in [-0.1, -0.05) is 13.3 Å². The van der Waals surface area contributed by atoms with E-state index in [4.69, 9.17) is 0 Å². The molecule has 1 rings (SSSR count). The van der Waals surface area contributed by atoms with Crippen LogP contribution < -0.4 is 5.32 Å². The zero-order valence-corrected chi connectivity index (χ0v) is 9.09. The molecule has 0 aromatic heterocycles. The van der Waals surface area contributed by atoms with Gasteiger partial charge < -0.3 is 10.4 Å². The minimum absolute atomic E-state index is 0.181. The second-order valence-corrected chi connectivity index (χ2v) is 4.67. The molecule has 0 spiro atoms. The predicted octanol–water partition coefficient (Wildman–Crippen LogP) is 1.92. The third-order valence-corrected chi connectivity index (χ3v) is 3.05. The zero-order valence-electron chi connectivity index (χ0n) is 9.09. The fourth-order valence-electron chi connectivity index (χ4n) is 2.34. The first kappa shape index (κ1) is 11.0. The number of aliphatic hydroxyl groups excluding tert-OH is 1. The molecule has 0 aliphatic heterocycles. The highest BCUT2D eigenvalue weighted by Gasteiger charge is 2.24. The standard InChI is InChI=1S/C11H23NO/c1-8-5-4-6-11(8)12-9(2)7-10(3)13/h8-13H,4-7H2,1-3H3. The van der Waals surface area contributed by atoms with Crippen LogP contribution >= 0.6 is 0 Å². The fourth-order valence-corrected chi connectivity index (χ4v) is 2.34. The molecule has 1 aliphatic rings. The van der Waals surface area contributed by atoms with Crippen LogP contribution in [-0.4, -0.2) is 23.3 Å². The lowest BCUT2D eigenvalue weighted by Gasteiger charge is -2.23. The summed E-state index contributed by atoms with van der Waals surface area (Å²) in [6.45, 7) is 6.34. The predicted molar refractivity (Wildman–Crippen MR) is 55.7 cm³/mol. The molecule has 13 heavy (non-hydrogen) atoms. The minimum Gasteiger partial charge on any atom is -0.393 e. The van der Waals surface area contributed by atoms with Gasteiger partial charge in [0, 0.05) is 12.1 Å². The van der Waals surface area contributed by atoms with E-state index in [9.17, 15) is 5.11 Å². The van der Waals surface area contributed by atoms with Crippen molar-refractivity contribution in [3.8, 4) is 0 Å². The largest absolute Gasteiger partial charge is 0.393 e. The van der Waals surface area contributed by atoms with Gasteiger partial charge in [0.2, 0.25) is 0 Å². The number of rotatable bonds is 4. The van der Waals surface area contributed by atoms with Gasteiger partial charge in [-0.05, 0) is 39.0 Å². The highest BCUT2D eigenvalue weighted by molar-refractivity contribution is 4.82. The number of hydrogen-bond acceptors (Lipinski definition) is 2. The first-order chi connectivity index (χ1) is 6.09. The van der Waals surface area contributed by atoms with E-state index in [0.29, 0.717) is 12.1 Å². The van der Waals surface area contributed by atoms with Crippen LogP contribution in [0.4, 0.5) is 0 Å². The Balaban J connectivity index is 2.22. The Labute approximate surface area is 81.7 Å². The van der Waals surface area contributed by atoms with Crippen molar-refractivity contribution in [2.75, 3.05) is 0 Å². The molecule has 0 radical (unpaired) electrons. The molecule has 0 bridgehead atoms. The van der Waals surface area contributed by atoms with Gasteiger partial charge in [-0.2, -0.15) is 0 Å². The smallest absolute Gasteiger partial charge is 0.0526 e. The van der Waals surface area contributed by atoms with Crippen LogP contribution in [0.1, 0.15) is 46.5 Å². The van der Waals surface area contributed by atoms with Crippen LogP contribution in [0, 0.1) is 5.92 Å². The Hall–Kier alpha value is -0.0800. The topological polar surface area (TPSA) is 32.3 Å². The number of nitrogens with one attached hydrogen (secondary N) is 1. The van der Waals surface area contributed by atoms with Crippen molar-refractivity contribution < 1.29 is 5.11 Å². The molecule has 0 aromatic rings. The highest BCUT2D eigenvalue weighted by Crippen LogP contribution is 2.25. The molecule has 0 aromatic carbocycles. The van der Waals surface area contributed by atoms with Crippen LogP contribution in [0.2, 0.25) is 0 Å². The Kier molecular flexibility index (Phi) is 4.20. The lowest BCUT2D eigenvalue weighted by Crippen LogP contribution is -2.39. The van der Waals surface area contributed by atoms with Gasteiger partial charge in [0.25, 0.3) is 0 Å². The Morgan fingerprint density at radius 3 is 2.54 bits per heavy atom. The normalized spacial score (nSPS) is 33.2. The van der Waals surface area contributed by atoms with Crippen LogP contribution in [0.25, 0.3) is 0 Å². The molecule has 2 nitrogen and oxygen atoms in total. The monoisotopic (exact) mass is 185 g/mol. The van der Waals surface area contributed by atoms with E-state index >= 15 is 0 Å². The van der Waals surface area contributed by atoms with Gasteiger partial charge in [-0.15, -0.1) is 0 Å². The molecule has 78 valence electrons. The summed E-state index contributed by atoms with van der Waals surface area (Å²) in [5.41, 5.74) is 0. The van der Waals surface area contributed by atoms with E-state index in [2.05, 4.69) is 19.2 Å². The Morgan fingerprint density at radius 2 is 2.08 bits per heavy atom. The number of aliphatic hydroxyl groups is 1. The lowest BCUT2D eigenvalue weighted by atomic mass is 10.0. The fraction of sp³-hybridized carbons (Fsp3) is 1.00. The first-order valence-electron chi connectivity index (χ1n) is 5.53. The minimum atomic E-state index is -0.181. The van der Waals surface area contributed by atoms with Crippen molar-refractivity contribution in [3.05, 3.63) is 0 Å². The summed E-state index contributed by atoms with van der Waals surface area (Å²) in [5, 5.41) is 12.8. The first-order valence-corrected chi connectivity index (χ1v) is 5.53. The second-order valence-electron chi connectivity index (χ2n) is 4.67. The third kappa shape index (κ3) is 3.65. The van der Waals surface area contributed by atoms with E-state index in [1.807, 2.05) is 6.92 Å². The highest BCUT2D eigenvalue weighted by atomic mass is 16.3. The lowest BCUT2D eigenvalue weighted by molar-refractivity contribution is 0.166. The Morgan fingerprint density at radius 1 is 1.38 bits per heavy atom. The van der Waals surface area contributed by atoms with Crippen LogP contribution in [-0.2, 0) is 0 Å². The molecule has 0 amide bonds. The number of hydrogen-bond donors (Lipinski definition) is 2. The second kappa shape index (κ2) is 4.97. The maximum Gasteiger partial charge on any atom is 0.0526 e. The summed E-state index contributed by atoms with van der Waals surface area (Å²) in [4.78, 5) is 0. The van der Waals surface area contributed by atoms with Crippen LogP contribution in [0.5, 0.6) is 0 Å². The summed E-state index contributed by atoms with van der Waals surface area (Å²) in [5.74, 6) is 0.816. The van der Waals surface area contributed by atoms with Crippen molar-refractivity contribution in [2.24, 2.45) is 5.92 Å². The molecule has 1 fully saturated rings.